The van der Waals surface area contributed by atoms with E-state index in [4.69, 9.17) is 0 Å². The van der Waals surface area contributed by atoms with Gasteiger partial charge in [-0.25, -0.2) is 0 Å². The lowest BCUT2D eigenvalue weighted by Gasteiger charge is -2.21. The fraction of sp³-hybridized carbons (Fsp3) is 0.550. The van der Waals surface area contributed by atoms with Gasteiger partial charge >= 0.3 is 0 Å². The molecule has 6 nitrogen and oxygen atoms in total. The van der Waals surface area contributed by atoms with Crippen LogP contribution in [0.1, 0.15) is 48.2 Å². The molecular formula is C20H27N5O. The fourth-order valence-corrected chi connectivity index (χ4v) is 4.08. The summed E-state index contributed by atoms with van der Waals surface area (Å²) >= 11 is 0. The minimum Gasteiger partial charge on any atom is -0.336 e. The number of rotatable bonds is 3. The number of fused-ring (bicyclic) bond motifs is 1. The SMILES string of the molecule is CC(C)N1CCC(c2nnc3n2CCN(C(=O)c2ccccc2)CC3)C1. The molecule has 4 rings (SSSR count). The average molecular weight is 353 g/mol. The van der Waals surface area contributed by atoms with E-state index in [-0.39, 0.29) is 5.91 Å². The number of carbonyl (C=O) groups is 1. The van der Waals surface area contributed by atoms with Gasteiger partial charge in [0.1, 0.15) is 11.6 Å². The minimum absolute atomic E-state index is 0.109. The third-order valence-electron chi connectivity index (χ3n) is 5.68. The van der Waals surface area contributed by atoms with Gasteiger partial charge in [-0.15, -0.1) is 10.2 Å². The summed E-state index contributed by atoms with van der Waals surface area (Å²) in [5, 5.41) is 8.98. The van der Waals surface area contributed by atoms with E-state index >= 15 is 0 Å². The molecule has 2 aliphatic heterocycles. The summed E-state index contributed by atoms with van der Waals surface area (Å²) in [6, 6.07) is 10.1. The first-order valence-corrected chi connectivity index (χ1v) is 9.64. The molecule has 2 aliphatic rings. The van der Waals surface area contributed by atoms with Crippen molar-refractivity contribution >= 4 is 5.91 Å². The molecule has 1 fully saturated rings. The van der Waals surface area contributed by atoms with Gasteiger partial charge in [-0.2, -0.15) is 0 Å². The number of carbonyl (C=O) groups excluding carboxylic acids is 1. The van der Waals surface area contributed by atoms with Crippen molar-refractivity contribution in [2.24, 2.45) is 0 Å². The minimum atomic E-state index is 0.109. The third kappa shape index (κ3) is 3.26. The van der Waals surface area contributed by atoms with Crippen LogP contribution in [-0.2, 0) is 13.0 Å². The maximum absolute atomic E-state index is 12.8. The summed E-state index contributed by atoms with van der Waals surface area (Å²) < 4.78 is 2.27. The average Bonchev–Trinajstić information content (AvgIpc) is 3.24. The molecule has 1 aromatic heterocycles. The molecule has 0 aliphatic carbocycles. The van der Waals surface area contributed by atoms with Crippen LogP contribution in [-0.4, -0.2) is 62.7 Å². The molecule has 26 heavy (non-hydrogen) atoms. The van der Waals surface area contributed by atoms with Gasteiger partial charge in [-0.05, 0) is 38.9 Å². The highest BCUT2D eigenvalue weighted by Gasteiger charge is 2.31. The van der Waals surface area contributed by atoms with Crippen molar-refractivity contribution < 1.29 is 4.79 Å². The molecule has 2 aromatic rings. The molecule has 6 heteroatoms. The van der Waals surface area contributed by atoms with Crippen LogP contribution in [0.5, 0.6) is 0 Å². The monoisotopic (exact) mass is 353 g/mol. The number of nitrogens with zero attached hydrogens (tertiary/aromatic N) is 5. The lowest BCUT2D eigenvalue weighted by atomic mass is 10.1. The standard InChI is InChI=1S/C20H27N5O/c1-15(2)24-10-8-17(14-24)19-22-21-18-9-11-23(12-13-25(18)19)20(26)16-6-4-3-5-7-16/h3-7,15,17H,8-14H2,1-2H3. The van der Waals surface area contributed by atoms with E-state index in [1.165, 1.54) is 0 Å². The van der Waals surface area contributed by atoms with E-state index in [1.54, 1.807) is 0 Å². The fourth-order valence-electron chi connectivity index (χ4n) is 4.08. The number of likely N-dealkylation sites (tertiary alicyclic amines) is 1. The number of hydrogen-bond acceptors (Lipinski definition) is 4. The van der Waals surface area contributed by atoms with Crippen LogP contribution < -0.4 is 0 Å². The van der Waals surface area contributed by atoms with E-state index in [9.17, 15) is 4.79 Å². The first-order valence-electron chi connectivity index (χ1n) is 9.64. The van der Waals surface area contributed by atoms with Crippen molar-refractivity contribution in [3.63, 3.8) is 0 Å². The Bertz CT molecular complexity index is 770. The summed E-state index contributed by atoms with van der Waals surface area (Å²) in [4.78, 5) is 17.2. The summed E-state index contributed by atoms with van der Waals surface area (Å²) in [5.74, 6) is 2.69. The second kappa shape index (κ2) is 7.19. The van der Waals surface area contributed by atoms with Crippen LogP contribution in [0.3, 0.4) is 0 Å². The molecule has 0 spiro atoms. The molecule has 0 radical (unpaired) electrons. The molecule has 1 saturated heterocycles. The van der Waals surface area contributed by atoms with E-state index in [1.807, 2.05) is 35.2 Å². The van der Waals surface area contributed by atoms with Gasteiger partial charge in [-0.3, -0.25) is 4.79 Å². The highest BCUT2D eigenvalue weighted by molar-refractivity contribution is 5.94. The van der Waals surface area contributed by atoms with Crippen LogP contribution in [0, 0.1) is 0 Å². The van der Waals surface area contributed by atoms with Gasteiger partial charge in [0.15, 0.2) is 0 Å². The largest absolute Gasteiger partial charge is 0.336 e. The van der Waals surface area contributed by atoms with Crippen LogP contribution in [0.2, 0.25) is 0 Å². The van der Waals surface area contributed by atoms with Crippen LogP contribution in [0.15, 0.2) is 30.3 Å². The molecule has 0 saturated carbocycles. The molecular weight excluding hydrogens is 326 g/mol. The van der Waals surface area contributed by atoms with Gasteiger partial charge in [0, 0.05) is 50.1 Å². The maximum Gasteiger partial charge on any atom is 0.253 e. The van der Waals surface area contributed by atoms with Crippen LogP contribution in [0.4, 0.5) is 0 Å². The number of amides is 1. The Balaban J connectivity index is 1.48. The normalized spacial score (nSPS) is 21.0. The van der Waals surface area contributed by atoms with Crippen LogP contribution >= 0.6 is 0 Å². The molecule has 0 N–H and O–H groups in total. The van der Waals surface area contributed by atoms with Crippen molar-refractivity contribution in [1.82, 2.24) is 24.6 Å². The Kier molecular flexibility index (Phi) is 4.76. The van der Waals surface area contributed by atoms with Gasteiger partial charge in [0.25, 0.3) is 5.91 Å². The smallest absolute Gasteiger partial charge is 0.253 e. The topological polar surface area (TPSA) is 54.3 Å². The van der Waals surface area contributed by atoms with Gasteiger partial charge in [0.05, 0.1) is 0 Å². The zero-order valence-corrected chi connectivity index (χ0v) is 15.6. The van der Waals surface area contributed by atoms with Crippen molar-refractivity contribution in [2.45, 2.75) is 45.2 Å². The summed E-state index contributed by atoms with van der Waals surface area (Å²) in [6.45, 7) is 8.89. The number of benzene rings is 1. The quantitative estimate of drug-likeness (QED) is 0.849. The Morgan fingerprint density at radius 3 is 2.62 bits per heavy atom. The maximum atomic E-state index is 12.8. The summed E-state index contributed by atoms with van der Waals surface area (Å²) in [6.07, 6.45) is 1.91. The first kappa shape index (κ1) is 17.2. The molecule has 1 amide bonds. The second-order valence-electron chi connectivity index (χ2n) is 7.61. The lowest BCUT2D eigenvalue weighted by molar-refractivity contribution is 0.0758. The van der Waals surface area contributed by atoms with Crippen molar-refractivity contribution in [1.29, 1.82) is 0 Å². The van der Waals surface area contributed by atoms with Crippen molar-refractivity contribution in [3.8, 4) is 0 Å². The predicted molar refractivity (Wildman–Crippen MR) is 100 cm³/mol. The van der Waals surface area contributed by atoms with E-state index in [0.29, 0.717) is 25.0 Å². The summed E-state index contributed by atoms with van der Waals surface area (Å²) in [7, 11) is 0. The second-order valence-corrected chi connectivity index (χ2v) is 7.61. The van der Waals surface area contributed by atoms with Crippen LogP contribution in [0.25, 0.3) is 0 Å². The zero-order chi connectivity index (χ0) is 18.1. The van der Waals surface area contributed by atoms with E-state index in [2.05, 4.69) is 33.5 Å². The molecule has 1 atom stereocenters. The highest BCUT2D eigenvalue weighted by atomic mass is 16.2. The highest BCUT2D eigenvalue weighted by Crippen LogP contribution is 2.28. The summed E-state index contributed by atoms with van der Waals surface area (Å²) in [5.41, 5.74) is 0.758. The number of hydrogen-bond donors (Lipinski definition) is 0. The Morgan fingerprint density at radius 1 is 1.08 bits per heavy atom. The Labute approximate surface area is 154 Å². The third-order valence-corrected chi connectivity index (χ3v) is 5.68. The molecule has 138 valence electrons. The van der Waals surface area contributed by atoms with Crippen molar-refractivity contribution in [3.05, 3.63) is 47.5 Å². The lowest BCUT2D eigenvalue weighted by Crippen LogP contribution is -2.33. The van der Waals surface area contributed by atoms with E-state index < -0.39 is 0 Å². The van der Waals surface area contributed by atoms with Gasteiger partial charge in [-0.1, -0.05) is 18.2 Å². The molecule has 3 heterocycles. The van der Waals surface area contributed by atoms with Gasteiger partial charge < -0.3 is 14.4 Å². The Hall–Kier alpha value is -2.21. The molecule has 1 aromatic carbocycles. The van der Waals surface area contributed by atoms with E-state index in [0.717, 1.165) is 49.7 Å². The Morgan fingerprint density at radius 2 is 1.88 bits per heavy atom. The van der Waals surface area contributed by atoms with Crippen molar-refractivity contribution in [2.75, 3.05) is 26.2 Å². The zero-order valence-electron chi connectivity index (χ0n) is 15.6. The number of aromatic nitrogens is 3. The molecule has 0 bridgehead atoms. The molecule has 1 unspecified atom stereocenters. The first-order chi connectivity index (χ1) is 12.6. The predicted octanol–water partition coefficient (Wildman–Crippen LogP) is 2.17. The van der Waals surface area contributed by atoms with Gasteiger partial charge in [0.2, 0.25) is 0 Å².